The third kappa shape index (κ3) is 4.81. The largest absolute Gasteiger partial charge is 0.382 e. The van der Waals surface area contributed by atoms with Gasteiger partial charge in [0.25, 0.3) is 5.91 Å². The summed E-state index contributed by atoms with van der Waals surface area (Å²) in [5, 5.41) is 4.87. The van der Waals surface area contributed by atoms with Crippen LogP contribution < -0.4 is 5.32 Å². The van der Waals surface area contributed by atoms with Crippen LogP contribution in [0, 0.1) is 5.92 Å². The van der Waals surface area contributed by atoms with Crippen molar-refractivity contribution in [2.45, 2.75) is 26.2 Å². The zero-order chi connectivity index (χ0) is 15.8. The van der Waals surface area contributed by atoms with Gasteiger partial charge in [-0.25, -0.2) is 0 Å². The van der Waals surface area contributed by atoms with Crippen molar-refractivity contribution >= 4 is 23.2 Å². The molecule has 1 fully saturated rings. The molecule has 1 aliphatic heterocycles. The summed E-state index contributed by atoms with van der Waals surface area (Å²) >= 11 is 1.47. The van der Waals surface area contributed by atoms with Crippen LogP contribution in [0.2, 0.25) is 0 Å². The number of amides is 2. The van der Waals surface area contributed by atoms with Gasteiger partial charge in [-0.2, -0.15) is 0 Å². The van der Waals surface area contributed by atoms with Gasteiger partial charge in [0, 0.05) is 38.8 Å². The third-order valence-electron chi connectivity index (χ3n) is 3.85. The van der Waals surface area contributed by atoms with Crippen LogP contribution in [0.5, 0.6) is 0 Å². The van der Waals surface area contributed by atoms with Gasteiger partial charge in [0.15, 0.2) is 0 Å². The molecule has 0 spiro atoms. The topological polar surface area (TPSA) is 58.6 Å². The summed E-state index contributed by atoms with van der Waals surface area (Å²) < 4.78 is 5.24. The molecule has 5 nitrogen and oxygen atoms in total. The molecule has 122 valence electrons. The van der Waals surface area contributed by atoms with E-state index in [2.05, 4.69) is 5.32 Å². The first-order chi connectivity index (χ1) is 10.7. The Kier molecular flexibility index (Phi) is 6.86. The number of nitrogens with one attached hydrogen (secondary N) is 1. The number of hydrogen-bond donors (Lipinski definition) is 1. The maximum atomic E-state index is 12.2. The highest BCUT2D eigenvalue weighted by molar-refractivity contribution is 7.12. The van der Waals surface area contributed by atoms with Gasteiger partial charge in [-0.1, -0.05) is 6.07 Å². The van der Waals surface area contributed by atoms with E-state index in [4.69, 9.17) is 4.74 Å². The Morgan fingerprint density at radius 3 is 2.82 bits per heavy atom. The molecule has 2 rings (SSSR count). The van der Waals surface area contributed by atoms with E-state index in [0.29, 0.717) is 32.8 Å². The number of hydrogen-bond acceptors (Lipinski definition) is 4. The molecule has 0 aliphatic carbocycles. The number of piperidine rings is 1. The Labute approximate surface area is 135 Å². The normalized spacial score (nSPS) is 15.8. The quantitative estimate of drug-likeness (QED) is 0.782. The minimum absolute atomic E-state index is 0.0273. The van der Waals surface area contributed by atoms with Gasteiger partial charge in [0.2, 0.25) is 5.91 Å². The lowest BCUT2D eigenvalue weighted by Gasteiger charge is -2.31. The van der Waals surface area contributed by atoms with Crippen molar-refractivity contribution < 1.29 is 14.3 Å². The number of nitrogens with zero attached hydrogens (tertiary/aromatic N) is 1. The fourth-order valence-corrected chi connectivity index (χ4v) is 3.27. The SMILES string of the molecule is CCOCCCNC(=O)C1CCN(C(=O)c2cccs2)CC1. The van der Waals surface area contributed by atoms with Gasteiger partial charge in [0.05, 0.1) is 4.88 Å². The first kappa shape index (κ1) is 17.0. The molecular formula is C16H24N2O3S. The van der Waals surface area contributed by atoms with E-state index < -0.39 is 0 Å². The fourth-order valence-electron chi connectivity index (χ4n) is 2.58. The third-order valence-corrected chi connectivity index (χ3v) is 4.71. The molecule has 0 aromatic carbocycles. The zero-order valence-electron chi connectivity index (χ0n) is 13.0. The van der Waals surface area contributed by atoms with Crippen molar-refractivity contribution in [3.05, 3.63) is 22.4 Å². The van der Waals surface area contributed by atoms with Crippen LogP contribution in [0.15, 0.2) is 17.5 Å². The Morgan fingerprint density at radius 1 is 1.41 bits per heavy atom. The summed E-state index contributed by atoms with van der Waals surface area (Å²) in [6.07, 6.45) is 2.33. The van der Waals surface area contributed by atoms with Crippen LogP contribution in [0.1, 0.15) is 35.9 Å². The molecule has 1 N–H and O–H groups in total. The minimum atomic E-state index is 0.0273. The van der Waals surface area contributed by atoms with Crippen molar-refractivity contribution in [3.8, 4) is 0 Å². The molecule has 2 amide bonds. The van der Waals surface area contributed by atoms with Gasteiger partial charge < -0.3 is 15.0 Å². The summed E-state index contributed by atoms with van der Waals surface area (Å²) in [7, 11) is 0. The second-order valence-electron chi connectivity index (χ2n) is 5.39. The number of carbonyl (C=O) groups excluding carboxylic acids is 2. The monoisotopic (exact) mass is 324 g/mol. The van der Waals surface area contributed by atoms with Crippen LogP contribution in [0.3, 0.4) is 0 Å². The second kappa shape index (κ2) is 8.90. The molecule has 6 heteroatoms. The van der Waals surface area contributed by atoms with Crippen LogP contribution in [-0.2, 0) is 9.53 Å². The summed E-state index contributed by atoms with van der Waals surface area (Å²) in [6.45, 7) is 5.34. The molecule has 1 saturated heterocycles. The standard InChI is InChI=1S/C16H24N2O3S/c1-2-21-11-4-8-17-15(19)13-6-9-18(10-7-13)16(20)14-5-3-12-22-14/h3,5,12-13H,2,4,6-11H2,1H3,(H,17,19). The Hall–Kier alpha value is -1.40. The van der Waals surface area contributed by atoms with E-state index in [1.54, 1.807) is 0 Å². The first-order valence-corrected chi connectivity index (χ1v) is 8.78. The zero-order valence-corrected chi connectivity index (χ0v) is 13.9. The van der Waals surface area contributed by atoms with Crippen molar-refractivity contribution in [2.75, 3.05) is 32.8 Å². The summed E-state index contributed by atoms with van der Waals surface area (Å²) in [6, 6.07) is 3.74. The van der Waals surface area contributed by atoms with Crippen LogP contribution >= 0.6 is 11.3 Å². The maximum Gasteiger partial charge on any atom is 0.263 e. The van der Waals surface area contributed by atoms with Gasteiger partial charge >= 0.3 is 0 Å². The van der Waals surface area contributed by atoms with Crippen molar-refractivity contribution in [2.24, 2.45) is 5.92 Å². The van der Waals surface area contributed by atoms with E-state index in [1.807, 2.05) is 29.3 Å². The number of thiophene rings is 1. The lowest BCUT2D eigenvalue weighted by atomic mass is 9.95. The average molecular weight is 324 g/mol. The van der Waals surface area contributed by atoms with Crippen LogP contribution in [-0.4, -0.2) is 49.6 Å². The highest BCUT2D eigenvalue weighted by Crippen LogP contribution is 2.20. The number of ether oxygens (including phenoxy) is 1. The van der Waals surface area contributed by atoms with Crippen LogP contribution in [0.4, 0.5) is 0 Å². The molecule has 0 atom stereocenters. The predicted octanol–water partition coefficient (Wildman–Crippen LogP) is 2.14. The molecule has 22 heavy (non-hydrogen) atoms. The molecule has 1 aliphatic rings. The summed E-state index contributed by atoms with van der Waals surface area (Å²) in [4.78, 5) is 26.9. The average Bonchev–Trinajstić information content (AvgIpc) is 3.08. The molecule has 0 radical (unpaired) electrons. The molecule has 0 unspecified atom stereocenters. The lowest BCUT2D eigenvalue weighted by molar-refractivity contribution is -0.126. The van der Waals surface area contributed by atoms with E-state index in [9.17, 15) is 9.59 Å². The van der Waals surface area contributed by atoms with Gasteiger partial charge in [-0.15, -0.1) is 11.3 Å². The maximum absolute atomic E-state index is 12.2. The van der Waals surface area contributed by atoms with E-state index in [1.165, 1.54) is 11.3 Å². The predicted molar refractivity (Wildman–Crippen MR) is 87.1 cm³/mol. The van der Waals surface area contributed by atoms with Crippen molar-refractivity contribution in [3.63, 3.8) is 0 Å². The minimum Gasteiger partial charge on any atom is -0.382 e. The van der Waals surface area contributed by atoms with E-state index in [-0.39, 0.29) is 17.7 Å². The van der Waals surface area contributed by atoms with E-state index in [0.717, 1.165) is 24.1 Å². The van der Waals surface area contributed by atoms with E-state index >= 15 is 0 Å². The Morgan fingerprint density at radius 2 is 2.18 bits per heavy atom. The van der Waals surface area contributed by atoms with Gasteiger partial charge in [-0.05, 0) is 37.6 Å². The molecule has 0 bridgehead atoms. The number of rotatable bonds is 7. The Bertz CT molecular complexity index is 468. The van der Waals surface area contributed by atoms with Crippen molar-refractivity contribution in [1.82, 2.24) is 10.2 Å². The smallest absolute Gasteiger partial charge is 0.263 e. The van der Waals surface area contributed by atoms with Crippen LogP contribution in [0.25, 0.3) is 0 Å². The highest BCUT2D eigenvalue weighted by Gasteiger charge is 2.27. The van der Waals surface area contributed by atoms with Gasteiger partial charge in [0.1, 0.15) is 0 Å². The summed E-state index contributed by atoms with van der Waals surface area (Å²) in [5.74, 6) is 0.227. The molecule has 1 aromatic heterocycles. The highest BCUT2D eigenvalue weighted by atomic mass is 32.1. The molecular weight excluding hydrogens is 300 g/mol. The van der Waals surface area contributed by atoms with Crippen molar-refractivity contribution in [1.29, 1.82) is 0 Å². The number of carbonyl (C=O) groups is 2. The second-order valence-corrected chi connectivity index (χ2v) is 6.33. The molecule has 2 heterocycles. The Balaban J connectivity index is 1.68. The number of likely N-dealkylation sites (tertiary alicyclic amines) is 1. The lowest BCUT2D eigenvalue weighted by Crippen LogP contribution is -2.43. The van der Waals surface area contributed by atoms with Gasteiger partial charge in [-0.3, -0.25) is 9.59 Å². The fraction of sp³-hybridized carbons (Fsp3) is 0.625. The first-order valence-electron chi connectivity index (χ1n) is 7.90. The molecule has 0 saturated carbocycles. The molecule has 1 aromatic rings. The summed E-state index contributed by atoms with van der Waals surface area (Å²) in [5.41, 5.74) is 0.